The van der Waals surface area contributed by atoms with Crippen molar-refractivity contribution < 1.29 is 9.18 Å². The molecule has 2 heterocycles. The molecule has 148 valence electrons. The second-order valence-electron chi connectivity index (χ2n) is 7.10. The molecule has 0 spiro atoms. The summed E-state index contributed by atoms with van der Waals surface area (Å²) >= 11 is 0. The number of aromatic nitrogens is 1. The number of rotatable bonds is 3. The minimum Gasteiger partial charge on any atom is -0.337 e. The lowest BCUT2D eigenvalue weighted by atomic mass is 10.1. The maximum atomic E-state index is 14.2. The summed E-state index contributed by atoms with van der Waals surface area (Å²) in [6, 6.07) is 18.9. The molecule has 3 aromatic rings. The molecular formula is C23H22FN3O2. The van der Waals surface area contributed by atoms with E-state index in [0.29, 0.717) is 18.7 Å². The van der Waals surface area contributed by atoms with Gasteiger partial charge in [-0.25, -0.2) is 4.39 Å². The Morgan fingerprint density at radius 1 is 1.00 bits per heavy atom. The molecular weight excluding hydrogens is 369 g/mol. The number of carbonyl (C=O) groups excluding carboxylic acids is 1. The van der Waals surface area contributed by atoms with Crippen molar-refractivity contribution in [3.8, 4) is 5.69 Å². The van der Waals surface area contributed by atoms with Crippen molar-refractivity contribution >= 4 is 5.91 Å². The van der Waals surface area contributed by atoms with Gasteiger partial charge in [0.05, 0.1) is 11.3 Å². The van der Waals surface area contributed by atoms with Gasteiger partial charge in [-0.3, -0.25) is 14.2 Å². The Hall–Kier alpha value is -3.25. The Morgan fingerprint density at radius 3 is 2.55 bits per heavy atom. The van der Waals surface area contributed by atoms with Gasteiger partial charge in [-0.05, 0) is 36.7 Å². The number of nitrogens with one attached hydrogen (secondary N) is 1. The van der Waals surface area contributed by atoms with Gasteiger partial charge in [0, 0.05) is 31.4 Å². The van der Waals surface area contributed by atoms with Crippen LogP contribution in [-0.2, 0) is 0 Å². The molecule has 1 unspecified atom stereocenters. The first-order chi connectivity index (χ1) is 14.1. The summed E-state index contributed by atoms with van der Waals surface area (Å²) in [6.07, 6.45) is 2.26. The number of pyridine rings is 1. The lowest BCUT2D eigenvalue weighted by Crippen LogP contribution is -2.36. The summed E-state index contributed by atoms with van der Waals surface area (Å²) in [5, 5.41) is 3.49. The predicted molar refractivity (Wildman–Crippen MR) is 110 cm³/mol. The minimum absolute atomic E-state index is 0.0418. The van der Waals surface area contributed by atoms with Crippen LogP contribution in [0.25, 0.3) is 5.69 Å². The highest BCUT2D eigenvalue weighted by molar-refractivity contribution is 5.94. The Kier molecular flexibility index (Phi) is 5.53. The van der Waals surface area contributed by atoms with E-state index in [1.54, 1.807) is 17.0 Å². The monoisotopic (exact) mass is 391 g/mol. The molecule has 2 aromatic carbocycles. The van der Waals surface area contributed by atoms with Gasteiger partial charge in [0.2, 0.25) is 0 Å². The maximum absolute atomic E-state index is 14.2. The molecule has 4 rings (SSSR count). The molecule has 1 amide bonds. The summed E-state index contributed by atoms with van der Waals surface area (Å²) in [7, 11) is 0. The number of para-hydroxylation sites is 1. The fourth-order valence-electron chi connectivity index (χ4n) is 3.65. The lowest BCUT2D eigenvalue weighted by Gasteiger charge is -2.25. The van der Waals surface area contributed by atoms with Gasteiger partial charge >= 0.3 is 0 Å². The zero-order valence-electron chi connectivity index (χ0n) is 15.9. The van der Waals surface area contributed by atoms with Gasteiger partial charge in [-0.15, -0.1) is 0 Å². The molecule has 1 atom stereocenters. The molecule has 0 radical (unpaired) electrons. The van der Waals surface area contributed by atoms with E-state index < -0.39 is 5.82 Å². The number of halogens is 1. The molecule has 0 bridgehead atoms. The number of amides is 1. The third-order valence-electron chi connectivity index (χ3n) is 5.16. The van der Waals surface area contributed by atoms with E-state index in [1.807, 2.05) is 30.3 Å². The molecule has 1 aromatic heterocycles. The van der Waals surface area contributed by atoms with Crippen LogP contribution in [-0.4, -0.2) is 35.0 Å². The standard InChI is InChI=1S/C23H22FN3O2/c24-19-9-4-5-10-21(19)27-15-18(11-12-22(27)28)23(29)26-14-6-13-25-20(16-26)17-7-2-1-3-8-17/h1-5,7-12,15,20,25H,6,13-14,16H2. The summed E-state index contributed by atoms with van der Waals surface area (Å²) in [5.74, 6) is -0.679. The van der Waals surface area contributed by atoms with Crippen LogP contribution < -0.4 is 10.9 Å². The third kappa shape index (κ3) is 4.12. The summed E-state index contributed by atoms with van der Waals surface area (Å²) in [4.78, 5) is 27.3. The Morgan fingerprint density at radius 2 is 1.76 bits per heavy atom. The van der Waals surface area contributed by atoms with Crippen molar-refractivity contribution in [2.45, 2.75) is 12.5 Å². The number of hydrogen-bond acceptors (Lipinski definition) is 3. The molecule has 6 heteroatoms. The van der Waals surface area contributed by atoms with Crippen LogP contribution in [0.2, 0.25) is 0 Å². The van der Waals surface area contributed by atoms with Gasteiger partial charge in [0.1, 0.15) is 5.82 Å². The Bertz CT molecular complexity index is 1060. The molecule has 1 saturated heterocycles. The minimum atomic E-state index is -0.512. The van der Waals surface area contributed by atoms with Crippen molar-refractivity contribution in [3.63, 3.8) is 0 Å². The van der Waals surface area contributed by atoms with E-state index in [2.05, 4.69) is 5.32 Å². The topological polar surface area (TPSA) is 54.3 Å². The average molecular weight is 391 g/mol. The number of benzene rings is 2. The van der Waals surface area contributed by atoms with Crippen molar-refractivity contribution in [2.24, 2.45) is 0 Å². The van der Waals surface area contributed by atoms with Crippen LogP contribution in [0, 0.1) is 5.82 Å². The van der Waals surface area contributed by atoms with E-state index in [0.717, 1.165) is 18.5 Å². The van der Waals surface area contributed by atoms with E-state index in [-0.39, 0.29) is 23.2 Å². The number of carbonyl (C=O) groups is 1. The highest BCUT2D eigenvalue weighted by Gasteiger charge is 2.24. The largest absolute Gasteiger partial charge is 0.337 e. The first kappa shape index (κ1) is 19.1. The second-order valence-corrected chi connectivity index (χ2v) is 7.10. The second kappa shape index (κ2) is 8.41. The van der Waals surface area contributed by atoms with E-state index in [9.17, 15) is 14.0 Å². The van der Waals surface area contributed by atoms with Crippen LogP contribution in [0.3, 0.4) is 0 Å². The van der Waals surface area contributed by atoms with Crippen molar-refractivity contribution in [2.75, 3.05) is 19.6 Å². The smallest absolute Gasteiger partial charge is 0.255 e. The summed E-state index contributed by atoms with van der Waals surface area (Å²) in [5.41, 5.74) is 1.24. The Labute approximate surface area is 168 Å². The normalized spacial score (nSPS) is 17.0. The molecule has 1 fully saturated rings. The van der Waals surface area contributed by atoms with Gasteiger partial charge in [0.15, 0.2) is 0 Å². The van der Waals surface area contributed by atoms with Crippen molar-refractivity contribution in [1.29, 1.82) is 0 Å². The van der Waals surface area contributed by atoms with E-state index >= 15 is 0 Å². The zero-order chi connectivity index (χ0) is 20.2. The van der Waals surface area contributed by atoms with Crippen molar-refractivity contribution in [1.82, 2.24) is 14.8 Å². The maximum Gasteiger partial charge on any atom is 0.255 e. The average Bonchev–Trinajstić information content (AvgIpc) is 3.01. The van der Waals surface area contributed by atoms with Crippen LogP contribution in [0.1, 0.15) is 28.4 Å². The number of hydrogen-bond donors (Lipinski definition) is 1. The number of nitrogens with zero attached hydrogens (tertiary/aromatic N) is 2. The van der Waals surface area contributed by atoms with Crippen molar-refractivity contribution in [3.05, 3.63) is 100 Å². The molecule has 1 aliphatic heterocycles. The van der Waals surface area contributed by atoms with Gasteiger partial charge in [-0.2, -0.15) is 0 Å². The van der Waals surface area contributed by atoms with Gasteiger partial charge in [0.25, 0.3) is 11.5 Å². The predicted octanol–water partition coefficient (Wildman–Crippen LogP) is 3.15. The van der Waals surface area contributed by atoms with Crippen LogP contribution >= 0.6 is 0 Å². The molecule has 5 nitrogen and oxygen atoms in total. The fraction of sp³-hybridized carbons (Fsp3) is 0.217. The highest BCUT2D eigenvalue weighted by atomic mass is 19.1. The highest BCUT2D eigenvalue weighted by Crippen LogP contribution is 2.19. The first-order valence-electron chi connectivity index (χ1n) is 9.69. The first-order valence-corrected chi connectivity index (χ1v) is 9.69. The zero-order valence-corrected chi connectivity index (χ0v) is 15.9. The van der Waals surface area contributed by atoms with Crippen LogP contribution in [0.5, 0.6) is 0 Å². The molecule has 29 heavy (non-hydrogen) atoms. The van der Waals surface area contributed by atoms with Gasteiger partial charge in [-0.1, -0.05) is 42.5 Å². The molecule has 0 saturated carbocycles. The summed E-state index contributed by atoms with van der Waals surface area (Å²) in [6.45, 7) is 1.97. The van der Waals surface area contributed by atoms with Crippen LogP contribution in [0.4, 0.5) is 4.39 Å². The van der Waals surface area contributed by atoms with E-state index in [1.165, 1.54) is 35.0 Å². The quantitative estimate of drug-likeness (QED) is 0.746. The molecule has 1 aliphatic rings. The van der Waals surface area contributed by atoms with Gasteiger partial charge < -0.3 is 10.2 Å². The SMILES string of the molecule is O=C(c1ccc(=O)n(-c2ccccc2F)c1)N1CCCNC(c2ccccc2)C1. The molecule has 0 aliphatic carbocycles. The summed E-state index contributed by atoms with van der Waals surface area (Å²) < 4.78 is 15.4. The van der Waals surface area contributed by atoms with E-state index in [4.69, 9.17) is 0 Å². The third-order valence-corrected chi connectivity index (χ3v) is 5.16. The Balaban J connectivity index is 1.63. The fourth-order valence-corrected chi connectivity index (χ4v) is 3.65. The van der Waals surface area contributed by atoms with Crippen LogP contribution in [0.15, 0.2) is 77.7 Å². The lowest BCUT2D eigenvalue weighted by molar-refractivity contribution is 0.0752. The molecule has 1 N–H and O–H groups in total.